The Hall–Kier alpha value is -0.620. The summed E-state index contributed by atoms with van der Waals surface area (Å²) in [5, 5.41) is 0. The Morgan fingerprint density at radius 2 is 2.00 bits per heavy atom. The molecule has 0 fully saturated rings. The predicted octanol–water partition coefficient (Wildman–Crippen LogP) is 2.82. The first-order valence-corrected chi connectivity index (χ1v) is 8.60. The summed E-state index contributed by atoms with van der Waals surface area (Å²) in [6.45, 7) is 8.99. The number of rotatable bonds is 7. The van der Waals surface area contributed by atoms with Gasteiger partial charge >= 0.3 is 0 Å². The van der Waals surface area contributed by atoms with Crippen LogP contribution in [0.25, 0.3) is 0 Å². The highest BCUT2D eigenvalue weighted by Gasteiger charge is 2.30. The molecule has 0 amide bonds. The fraction of sp³-hybridized carbons (Fsp3) is 0.688. The number of pyridine rings is 1. The number of hydrogen-bond donors (Lipinski definition) is 1. The molecular weight excluding hydrogens is 282 g/mol. The van der Waals surface area contributed by atoms with Crippen molar-refractivity contribution in [1.82, 2.24) is 14.6 Å². The SMILES string of the molecule is Cc1ccc(C(CCCN(C)C)N[S+]([O-])C(C)(C)C)nc1. The second-order valence-corrected chi connectivity index (χ2v) is 8.76. The van der Waals surface area contributed by atoms with Crippen molar-refractivity contribution < 1.29 is 4.55 Å². The quantitative estimate of drug-likeness (QED) is 0.787. The minimum absolute atomic E-state index is 0.0330. The van der Waals surface area contributed by atoms with Crippen LogP contribution in [0.5, 0.6) is 0 Å². The summed E-state index contributed by atoms with van der Waals surface area (Å²) < 4.78 is 15.4. The summed E-state index contributed by atoms with van der Waals surface area (Å²) in [7, 11) is 4.14. The highest BCUT2D eigenvalue weighted by Crippen LogP contribution is 2.22. The van der Waals surface area contributed by atoms with Crippen LogP contribution < -0.4 is 4.72 Å². The number of aryl methyl sites for hydroxylation is 1. The Morgan fingerprint density at radius 1 is 1.33 bits per heavy atom. The van der Waals surface area contributed by atoms with Gasteiger partial charge in [0, 0.05) is 17.6 Å². The van der Waals surface area contributed by atoms with Gasteiger partial charge in [0.2, 0.25) is 0 Å². The van der Waals surface area contributed by atoms with Crippen molar-refractivity contribution in [2.75, 3.05) is 20.6 Å². The maximum atomic E-state index is 12.4. The average Bonchev–Trinajstić information content (AvgIpc) is 2.37. The molecule has 0 aliphatic rings. The van der Waals surface area contributed by atoms with Crippen molar-refractivity contribution in [2.24, 2.45) is 0 Å². The summed E-state index contributed by atoms with van der Waals surface area (Å²) >= 11 is -1.09. The van der Waals surface area contributed by atoms with Crippen molar-refractivity contribution in [3.63, 3.8) is 0 Å². The second-order valence-electron chi connectivity index (χ2n) is 6.76. The molecule has 5 heteroatoms. The second kappa shape index (κ2) is 8.13. The van der Waals surface area contributed by atoms with Gasteiger partial charge in [0.1, 0.15) is 4.75 Å². The van der Waals surface area contributed by atoms with E-state index in [1.165, 1.54) is 0 Å². The summed E-state index contributed by atoms with van der Waals surface area (Å²) in [4.78, 5) is 6.67. The molecule has 1 aromatic rings. The molecular formula is C16H29N3OS. The zero-order valence-corrected chi connectivity index (χ0v) is 15.0. The van der Waals surface area contributed by atoms with Gasteiger partial charge in [-0.05, 0) is 72.8 Å². The molecule has 0 radical (unpaired) electrons. The van der Waals surface area contributed by atoms with Gasteiger partial charge in [-0.25, -0.2) is 0 Å². The predicted molar refractivity (Wildman–Crippen MR) is 90.5 cm³/mol. The van der Waals surface area contributed by atoms with Crippen molar-refractivity contribution in [3.05, 3.63) is 29.6 Å². The zero-order valence-electron chi connectivity index (χ0n) is 14.1. The monoisotopic (exact) mass is 311 g/mol. The van der Waals surface area contributed by atoms with Gasteiger partial charge < -0.3 is 9.45 Å². The van der Waals surface area contributed by atoms with Crippen LogP contribution >= 0.6 is 0 Å². The molecule has 0 bridgehead atoms. The Morgan fingerprint density at radius 3 is 2.48 bits per heavy atom. The molecule has 120 valence electrons. The molecule has 0 saturated carbocycles. The van der Waals surface area contributed by atoms with Gasteiger partial charge in [-0.2, -0.15) is 0 Å². The first-order chi connectivity index (χ1) is 9.70. The molecule has 21 heavy (non-hydrogen) atoms. The normalized spacial score (nSPS) is 15.2. The van der Waals surface area contributed by atoms with Crippen LogP contribution in [0.15, 0.2) is 18.3 Å². The van der Waals surface area contributed by atoms with Gasteiger partial charge in [0.05, 0.1) is 11.7 Å². The molecule has 0 aromatic carbocycles. The fourth-order valence-corrected chi connectivity index (χ4v) is 2.72. The van der Waals surface area contributed by atoms with Crippen LogP contribution in [-0.4, -0.2) is 39.8 Å². The van der Waals surface area contributed by atoms with E-state index in [2.05, 4.69) is 34.8 Å². The van der Waals surface area contributed by atoms with E-state index in [-0.39, 0.29) is 10.8 Å². The third-order valence-electron chi connectivity index (χ3n) is 3.19. The Balaban J connectivity index is 2.76. The molecule has 1 rings (SSSR count). The van der Waals surface area contributed by atoms with E-state index in [0.717, 1.165) is 30.6 Å². The first-order valence-electron chi connectivity index (χ1n) is 7.45. The third kappa shape index (κ3) is 6.78. The molecule has 0 aliphatic heterocycles. The van der Waals surface area contributed by atoms with Crippen LogP contribution in [0.1, 0.15) is 50.9 Å². The van der Waals surface area contributed by atoms with Crippen LogP contribution in [0.2, 0.25) is 0 Å². The summed E-state index contributed by atoms with van der Waals surface area (Å²) in [6.07, 6.45) is 3.84. The third-order valence-corrected chi connectivity index (χ3v) is 4.81. The molecule has 0 saturated heterocycles. The van der Waals surface area contributed by atoms with Crippen LogP contribution in [-0.2, 0) is 11.4 Å². The lowest BCUT2D eigenvalue weighted by atomic mass is 10.1. The van der Waals surface area contributed by atoms with Gasteiger partial charge in [-0.3, -0.25) is 4.98 Å². The molecule has 0 aliphatic carbocycles. The van der Waals surface area contributed by atoms with E-state index >= 15 is 0 Å². The van der Waals surface area contributed by atoms with E-state index in [4.69, 9.17) is 0 Å². The topological polar surface area (TPSA) is 51.2 Å². The number of hydrogen-bond acceptors (Lipinski definition) is 4. The van der Waals surface area contributed by atoms with Gasteiger partial charge in [-0.15, -0.1) is 4.72 Å². The van der Waals surface area contributed by atoms with E-state index in [0.29, 0.717) is 0 Å². The van der Waals surface area contributed by atoms with Crippen molar-refractivity contribution in [2.45, 2.75) is 51.3 Å². The number of nitrogens with zero attached hydrogens (tertiary/aromatic N) is 2. The minimum atomic E-state index is -1.09. The molecule has 4 nitrogen and oxygen atoms in total. The van der Waals surface area contributed by atoms with Gasteiger partial charge in [-0.1, -0.05) is 6.07 Å². The molecule has 0 spiro atoms. The van der Waals surface area contributed by atoms with E-state index in [1.54, 1.807) is 0 Å². The summed E-state index contributed by atoms with van der Waals surface area (Å²) in [6, 6.07) is 4.12. The van der Waals surface area contributed by atoms with E-state index < -0.39 is 11.4 Å². The average molecular weight is 311 g/mol. The summed E-state index contributed by atoms with van der Waals surface area (Å²) in [5.41, 5.74) is 2.11. The van der Waals surface area contributed by atoms with Crippen LogP contribution in [0.4, 0.5) is 0 Å². The Kier molecular flexibility index (Phi) is 7.13. The maximum Gasteiger partial charge on any atom is 0.136 e. The molecule has 2 unspecified atom stereocenters. The van der Waals surface area contributed by atoms with Crippen molar-refractivity contribution >= 4 is 11.4 Å². The largest absolute Gasteiger partial charge is 0.598 e. The lowest BCUT2D eigenvalue weighted by Crippen LogP contribution is -2.41. The molecule has 1 heterocycles. The highest BCUT2D eigenvalue weighted by molar-refractivity contribution is 7.90. The lowest BCUT2D eigenvalue weighted by molar-refractivity contribution is 0.379. The van der Waals surface area contributed by atoms with E-state index in [9.17, 15) is 4.55 Å². The summed E-state index contributed by atoms with van der Waals surface area (Å²) in [5.74, 6) is 0. The molecule has 2 atom stereocenters. The lowest BCUT2D eigenvalue weighted by Gasteiger charge is -2.28. The molecule has 1 N–H and O–H groups in total. The van der Waals surface area contributed by atoms with Crippen molar-refractivity contribution in [3.8, 4) is 0 Å². The fourth-order valence-electron chi connectivity index (χ4n) is 1.87. The van der Waals surface area contributed by atoms with Crippen molar-refractivity contribution in [1.29, 1.82) is 0 Å². The Labute approximate surface area is 132 Å². The molecule has 1 aromatic heterocycles. The highest BCUT2D eigenvalue weighted by atomic mass is 32.2. The zero-order chi connectivity index (χ0) is 16.0. The van der Waals surface area contributed by atoms with Crippen LogP contribution in [0, 0.1) is 6.92 Å². The number of nitrogens with one attached hydrogen (secondary N) is 1. The van der Waals surface area contributed by atoms with Gasteiger partial charge in [0.15, 0.2) is 0 Å². The smallest absolute Gasteiger partial charge is 0.136 e. The maximum absolute atomic E-state index is 12.4. The first kappa shape index (κ1) is 18.4. The number of aromatic nitrogens is 1. The van der Waals surface area contributed by atoms with Crippen LogP contribution in [0.3, 0.4) is 0 Å². The van der Waals surface area contributed by atoms with E-state index in [1.807, 2.05) is 40.0 Å². The van der Waals surface area contributed by atoms with Gasteiger partial charge in [0.25, 0.3) is 0 Å². The standard InChI is InChI=1S/C16H29N3OS/c1-13-9-10-14(17-12-13)15(8-7-11-19(5)6)18-21(20)16(2,3)4/h9-10,12,15,18H,7-8,11H2,1-6H3. The minimum Gasteiger partial charge on any atom is -0.598 e. The Bertz CT molecular complexity index is 415.